The lowest BCUT2D eigenvalue weighted by Gasteiger charge is -2.29. The Morgan fingerprint density at radius 1 is 0.929 bits per heavy atom. The van der Waals surface area contributed by atoms with Crippen LogP contribution in [0.2, 0.25) is 0 Å². The van der Waals surface area contributed by atoms with Gasteiger partial charge in [0.1, 0.15) is 5.25 Å². The zero-order valence-corrected chi connectivity index (χ0v) is 17.5. The van der Waals surface area contributed by atoms with Gasteiger partial charge in [0.25, 0.3) is 0 Å². The van der Waals surface area contributed by atoms with Crippen LogP contribution in [0.3, 0.4) is 0 Å². The average Bonchev–Trinajstić information content (AvgIpc) is 3.18. The summed E-state index contributed by atoms with van der Waals surface area (Å²) in [5, 5.41) is 0.142. The number of amides is 2. The quantitative estimate of drug-likeness (QED) is 0.572. The van der Waals surface area contributed by atoms with Gasteiger partial charge in [-0.2, -0.15) is 0 Å². The third kappa shape index (κ3) is 2.70. The van der Waals surface area contributed by atoms with E-state index in [9.17, 15) is 14.4 Å². The number of halogens is 1. The van der Waals surface area contributed by atoms with E-state index in [4.69, 9.17) is 0 Å². The number of aromatic nitrogens is 1. The van der Waals surface area contributed by atoms with Crippen LogP contribution in [0.15, 0.2) is 68.9 Å². The molecule has 3 heterocycles. The summed E-state index contributed by atoms with van der Waals surface area (Å²) in [6.07, 6.45) is 0. The highest BCUT2D eigenvalue weighted by molar-refractivity contribution is 9.10. The van der Waals surface area contributed by atoms with Crippen molar-refractivity contribution < 1.29 is 9.59 Å². The van der Waals surface area contributed by atoms with Crippen molar-refractivity contribution in [1.82, 2.24) is 4.98 Å². The maximum Gasteiger partial charge on any atom is 0.305 e. The van der Waals surface area contributed by atoms with Gasteiger partial charge in [0.2, 0.25) is 11.8 Å². The number of imide groups is 1. The summed E-state index contributed by atoms with van der Waals surface area (Å²) >= 11 is 5.80. The molecule has 2 aromatic carbocycles. The van der Waals surface area contributed by atoms with E-state index in [2.05, 4.69) is 20.9 Å². The fourth-order valence-corrected chi connectivity index (χ4v) is 6.66. The zero-order chi connectivity index (χ0) is 19.4. The molecule has 8 heteroatoms. The van der Waals surface area contributed by atoms with Crippen LogP contribution in [0.5, 0.6) is 0 Å². The molecule has 140 valence electrons. The number of nitrogens with zero attached hydrogens (tertiary/aromatic N) is 1. The average molecular weight is 473 g/mol. The summed E-state index contributed by atoms with van der Waals surface area (Å²) in [6.45, 7) is 0. The second-order valence-corrected chi connectivity index (χ2v) is 9.73. The topological polar surface area (TPSA) is 70.2 Å². The number of benzene rings is 2. The van der Waals surface area contributed by atoms with Gasteiger partial charge in [-0.1, -0.05) is 69.4 Å². The first-order chi connectivity index (χ1) is 13.5. The van der Waals surface area contributed by atoms with Crippen molar-refractivity contribution in [3.63, 3.8) is 0 Å². The SMILES string of the molecule is O=C1[C@@H]2[C@@H](c3ccccc3)c3sc(=O)[nH]c3S[C@H]2C(=O)N1c1ccc(Br)cc1. The van der Waals surface area contributed by atoms with Crippen LogP contribution in [0, 0.1) is 5.92 Å². The van der Waals surface area contributed by atoms with Crippen LogP contribution >= 0.6 is 39.0 Å². The molecule has 0 aliphatic carbocycles. The lowest BCUT2D eigenvalue weighted by atomic mass is 9.83. The summed E-state index contributed by atoms with van der Waals surface area (Å²) in [4.78, 5) is 43.4. The van der Waals surface area contributed by atoms with Gasteiger partial charge in [-0.25, -0.2) is 4.90 Å². The number of thioether (sulfide) groups is 1. The van der Waals surface area contributed by atoms with Gasteiger partial charge in [0.15, 0.2) is 0 Å². The number of H-pyrrole nitrogens is 1. The number of hydrogen-bond acceptors (Lipinski definition) is 5. The zero-order valence-electron chi connectivity index (χ0n) is 14.3. The molecule has 5 rings (SSSR count). The van der Waals surface area contributed by atoms with E-state index >= 15 is 0 Å². The van der Waals surface area contributed by atoms with Gasteiger partial charge in [0.05, 0.1) is 16.6 Å². The van der Waals surface area contributed by atoms with Crippen LogP contribution in [-0.2, 0) is 9.59 Å². The predicted molar refractivity (Wildman–Crippen MR) is 113 cm³/mol. The maximum absolute atomic E-state index is 13.4. The molecule has 1 aromatic heterocycles. The fraction of sp³-hybridized carbons (Fsp3) is 0.150. The normalized spacial score (nSPS) is 23.6. The van der Waals surface area contributed by atoms with E-state index in [0.29, 0.717) is 10.7 Å². The molecule has 0 unspecified atom stereocenters. The summed E-state index contributed by atoms with van der Waals surface area (Å²) in [6, 6.07) is 16.8. The van der Waals surface area contributed by atoms with Gasteiger partial charge in [-0.3, -0.25) is 14.4 Å². The molecule has 3 aromatic rings. The molecule has 0 radical (unpaired) electrons. The summed E-state index contributed by atoms with van der Waals surface area (Å²) in [5.41, 5.74) is 1.50. The number of hydrogen-bond donors (Lipinski definition) is 1. The second-order valence-electron chi connectivity index (χ2n) is 6.65. The van der Waals surface area contributed by atoms with E-state index in [1.807, 2.05) is 42.5 Å². The molecule has 2 aliphatic rings. The van der Waals surface area contributed by atoms with Crippen molar-refractivity contribution in [1.29, 1.82) is 0 Å². The molecule has 2 aliphatic heterocycles. The first-order valence-corrected chi connectivity index (χ1v) is 11.1. The van der Waals surface area contributed by atoms with Crippen LogP contribution < -0.4 is 9.77 Å². The minimum atomic E-state index is -0.556. The van der Waals surface area contributed by atoms with Crippen molar-refractivity contribution in [3.8, 4) is 0 Å². The van der Waals surface area contributed by atoms with Gasteiger partial charge in [0, 0.05) is 15.3 Å². The Morgan fingerprint density at radius 2 is 1.64 bits per heavy atom. The van der Waals surface area contributed by atoms with Gasteiger partial charge >= 0.3 is 4.87 Å². The smallest absolute Gasteiger partial charge is 0.305 e. The number of anilines is 1. The van der Waals surface area contributed by atoms with E-state index in [1.54, 1.807) is 12.1 Å². The largest absolute Gasteiger partial charge is 0.307 e. The molecular formula is C20H13BrN2O3S2. The van der Waals surface area contributed by atoms with Gasteiger partial charge in [-0.05, 0) is 29.8 Å². The molecule has 2 amide bonds. The van der Waals surface area contributed by atoms with Crippen LogP contribution in [0.25, 0.3) is 0 Å². The molecule has 28 heavy (non-hydrogen) atoms. The number of rotatable bonds is 2. The standard InChI is InChI=1S/C20H13BrN2O3S2/c21-11-6-8-12(9-7-11)23-18(24)14-13(10-4-2-1-3-5-10)15-17(22-20(26)28-15)27-16(14)19(23)25/h1-9,13-14,16H,(H,22,26)/t13-,14-,16-/m1/s1. The predicted octanol–water partition coefficient (Wildman–Crippen LogP) is 3.99. The molecule has 3 atom stereocenters. The van der Waals surface area contributed by atoms with Crippen molar-refractivity contribution >= 4 is 56.5 Å². The van der Waals surface area contributed by atoms with E-state index in [0.717, 1.165) is 26.3 Å². The van der Waals surface area contributed by atoms with Gasteiger partial charge < -0.3 is 4.98 Å². The molecule has 1 fully saturated rings. The summed E-state index contributed by atoms with van der Waals surface area (Å²) in [5.74, 6) is -1.31. The minimum Gasteiger partial charge on any atom is -0.307 e. The summed E-state index contributed by atoms with van der Waals surface area (Å²) < 4.78 is 0.879. The maximum atomic E-state index is 13.4. The van der Waals surface area contributed by atoms with E-state index in [-0.39, 0.29) is 22.6 Å². The molecule has 1 saturated heterocycles. The minimum absolute atomic E-state index is 0.164. The highest BCUT2D eigenvalue weighted by Crippen LogP contribution is 2.53. The highest BCUT2D eigenvalue weighted by Gasteiger charge is 2.56. The molecule has 1 N–H and O–H groups in total. The number of fused-ring (bicyclic) bond motifs is 2. The lowest BCUT2D eigenvalue weighted by Crippen LogP contribution is -2.32. The Labute approximate surface area is 176 Å². The third-order valence-corrected chi connectivity index (χ3v) is 8.00. The number of carbonyl (C=O) groups excluding carboxylic acids is 2. The molecule has 0 bridgehead atoms. The van der Waals surface area contributed by atoms with E-state index in [1.165, 1.54) is 16.7 Å². The molecule has 0 spiro atoms. The number of nitrogens with one attached hydrogen (secondary N) is 1. The third-order valence-electron chi connectivity index (χ3n) is 5.07. The molecule has 0 saturated carbocycles. The van der Waals surface area contributed by atoms with Crippen LogP contribution in [0.1, 0.15) is 16.4 Å². The van der Waals surface area contributed by atoms with Crippen LogP contribution in [-0.4, -0.2) is 22.0 Å². The van der Waals surface area contributed by atoms with Crippen molar-refractivity contribution in [3.05, 3.63) is 79.2 Å². The number of aromatic amines is 1. The lowest BCUT2D eigenvalue weighted by molar-refractivity contribution is -0.122. The second kappa shape index (κ2) is 6.72. The Kier molecular flexibility index (Phi) is 4.30. The van der Waals surface area contributed by atoms with Crippen molar-refractivity contribution in [2.75, 3.05) is 4.90 Å². The highest BCUT2D eigenvalue weighted by atomic mass is 79.9. The first-order valence-electron chi connectivity index (χ1n) is 8.62. The Morgan fingerprint density at radius 3 is 2.36 bits per heavy atom. The van der Waals surface area contributed by atoms with Gasteiger partial charge in [-0.15, -0.1) is 0 Å². The number of carbonyl (C=O) groups is 2. The number of thiazole rings is 1. The van der Waals surface area contributed by atoms with Crippen molar-refractivity contribution in [2.24, 2.45) is 5.92 Å². The Hall–Kier alpha value is -2.16. The Balaban J connectivity index is 1.65. The molecular weight excluding hydrogens is 460 g/mol. The Bertz CT molecular complexity index is 1140. The summed E-state index contributed by atoms with van der Waals surface area (Å²) in [7, 11) is 0. The molecule has 5 nitrogen and oxygen atoms in total. The first kappa shape index (κ1) is 17.9. The van der Waals surface area contributed by atoms with Crippen LogP contribution in [0.4, 0.5) is 5.69 Å². The fourth-order valence-electron chi connectivity index (χ4n) is 3.88. The monoisotopic (exact) mass is 472 g/mol. The van der Waals surface area contributed by atoms with Crippen molar-refractivity contribution in [2.45, 2.75) is 16.2 Å². The van der Waals surface area contributed by atoms with E-state index < -0.39 is 11.2 Å².